The lowest BCUT2D eigenvalue weighted by molar-refractivity contribution is -0.385. The van der Waals surface area contributed by atoms with Gasteiger partial charge < -0.3 is 5.32 Å². The summed E-state index contributed by atoms with van der Waals surface area (Å²) in [5.74, 6) is -0.508. The van der Waals surface area contributed by atoms with Gasteiger partial charge in [0.1, 0.15) is 11.7 Å². The van der Waals surface area contributed by atoms with E-state index in [4.69, 9.17) is 0 Å². The minimum Gasteiger partial charge on any atom is -0.350 e. The van der Waals surface area contributed by atoms with Crippen LogP contribution in [0.15, 0.2) is 59.8 Å². The van der Waals surface area contributed by atoms with Crippen LogP contribution in [0.4, 0.5) is 18.9 Å². The molecule has 2 aromatic carbocycles. The molecule has 0 spiro atoms. The second kappa shape index (κ2) is 9.60. The first-order valence-corrected chi connectivity index (χ1v) is 10.6. The van der Waals surface area contributed by atoms with Crippen molar-refractivity contribution in [3.8, 4) is 0 Å². The Morgan fingerprint density at radius 3 is 2.69 bits per heavy atom. The predicted octanol–water partition coefficient (Wildman–Crippen LogP) is 3.31. The number of hydrogen-bond donors (Lipinski definition) is 1. The Hall–Kier alpha value is -4.55. The van der Waals surface area contributed by atoms with E-state index in [0.717, 1.165) is 12.1 Å². The van der Waals surface area contributed by atoms with E-state index >= 15 is 0 Å². The van der Waals surface area contributed by atoms with Crippen molar-refractivity contribution >= 4 is 22.6 Å². The Labute approximate surface area is 201 Å². The van der Waals surface area contributed by atoms with Gasteiger partial charge in [0.15, 0.2) is 5.65 Å². The van der Waals surface area contributed by atoms with E-state index in [9.17, 15) is 32.9 Å². The first kappa shape index (κ1) is 24.6. The highest BCUT2D eigenvalue weighted by Crippen LogP contribution is 2.29. The molecule has 0 aliphatic rings. The molecule has 0 fully saturated rings. The molecule has 2 aromatic heterocycles. The van der Waals surface area contributed by atoms with E-state index < -0.39 is 28.1 Å². The summed E-state index contributed by atoms with van der Waals surface area (Å²) in [6.07, 6.45) is -1.96. The number of halogens is 3. The molecule has 4 rings (SSSR count). The molecule has 0 bridgehead atoms. The van der Waals surface area contributed by atoms with Crippen LogP contribution in [0, 0.1) is 17.0 Å². The van der Waals surface area contributed by atoms with Gasteiger partial charge in [-0.25, -0.2) is 9.67 Å². The first-order valence-electron chi connectivity index (χ1n) is 10.6. The zero-order valence-electron chi connectivity index (χ0n) is 18.8. The third kappa shape index (κ3) is 5.09. The number of aryl methyl sites for hydroxylation is 1. The van der Waals surface area contributed by atoms with E-state index in [1.54, 1.807) is 6.92 Å². The van der Waals surface area contributed by atoms with Gasteiger partial charge in [-0.1, -0.05) is 18.2 Å². The third-order valence-electron chi connectivity index (χ3n) is 5.51. The zero-order valence-corrected chi connectivity index (χ0v) is 18.8. The van der Waals surface area contributed by atoms with Gasteiger partial charge in [-0.15, -0.1) is 0 Å². The minimum absolute atomic E-state index is 0.102. The van der Waals surface area contributed by atoms with Crippen molar-refractivity contribution in [3.05, 3.63) is 97.7 Å². The average Bonchev–Trinajstić information content (AvgIpc) is 3.24. The van der Waals surface area contributed by atoms with Crippen LogP contribution in [0.25, 0.3) is 11.0 Å². The molecule has 0 aliphatic carbocycles. The van der Waals surface area contributed by atoms with Gasteiger partial charge in [-0.3, -0.25) is 24.3 Å². The lowest BCUT2D eigenvalue weighted by atomic mass is 10.1. The number of carbonyl (C=O) groups is 1. The summed E-state index contributed by atoms with van der Waals surface area (Å²) in [4.78, 5) is 39.9. The zero-order chi connectivity index (χ0) is 26.0. The van der Waals surface area contributed by atoms with E-state index in [1.165, 1.54) is 52.1 Å². The summed E-state index contributed by atoms with van der Waals surface area (Å²) >= 11 is 0. The maximum absolute atomic E-state index is 13.0. The number of nitrogens with zero attached hydrogens (tertiary/aromatic N) is 5. The summed E-state index contributed by atoms with van der Waals surface area (Å²) in [7, 11) is 0. The molecular formula is C23H19F3N6O4. The summed E-state index contributed by atoms with van der Waals surface area (Å²) in [6.45, 7) is 1.73. The number of nitro groups is 1. The van der Waals surface area contributed by atoms with Crippen LogP contribution in [0.2, 0.25) is 0 Å². The highest BCUT2D eigenvalue weighted by Gasteiger charge is 2.30. The molecule has 0 atom stereocenters. The lowest BCUT2D eigenvalue weighted by Gasteiger charge is -2.10. The van der Waals surface area contributed by atoms with Crippen molar-refractivity contribution in [3.63, 3.8) is 0 Å². The fourth-order valence-electron chi connectivity index (χ4n) is 3.64. The number of benzene rings is 2. The number of alkyl halides is 3. The molecule has 0 saturated heterocycles. The molecule has 0 unspecified atom stereocenters. The number of fused-ring (bicyclic) bond motifs is 1. The smallest absolute Gasteiger partial charge is 0.350 e. The number of carbonyl (C=O) groups excluding carboxylic acids is 1. The number of nitro benzene ring substituents is 1. The Balaban J connectivity index is 1.46. The standard InChI is InChI=1S/C23H19F3N6O4/c1-14-5-6-16(10-19(14)32(35)36)21(33)27-7-8-31-20-18(11-29-31)22(34)30(13-28-20)12-15-3-2-4-17(9-15)23(24,25)26/h2-6,9-11,13H,7-8,12H2,1H3,(H,27,33). The summed E-state index contributed by atoms with van der Waals surface area (Å²) in [5.41, 5.74) is -0.333. The maximum Gasteiger partial charge on any atom is 0.416 e. The fraction of sp³-hybridized carbons (Fsp3) is 0.217. The van der Waals surface area contributed by atoms with Crippen molar-refractivity contribution in [1.29, 1.82) is 0 Å². The van der Waals surface area contributed by atoms with Gasteiger partial charge in [0.25, 0.3) is 17.2 Å². The molecule has 10 nitrogen and oxygen atoms in total. The monoisotopic (exact) mass is 500 g/mol. The minimum atomic E-state index is -4.49. The molecule has 4 aromatic rings. The summed E-state index contributed by atoms with van der Waals surface area (Å²) < 4.78 is 41.5. The van der Waals surface area contributed by atoms with Gasteiger partial charge >= 0.3 is 6.18 Å². The normalized spacial score (nSPS) is 11.6. The predicted molar refractivity (Wildman–Crippen MR) is 123 cm³/mol. The van der Waals surface area contributed by atoms with Gasteiger partial charge in [-0.05, 0) is 30.7 Å². The fourth-order valence-corrected chi connectivity index (χ4v) is 3.64. The van der Waals surface area contributed by atoms with Crippen LogP contribution >= 0.6 is 0 Å². The van der Waals surface area contributed by atoms with Crippen molar-refractivity contribution in [1.82, 2.24) is 24.6 Å². The van der Waals surface area contributed by atoms with Crippen molar-refractivity contribution in [2.45, 2.75) is 26.2 Å². The molecule has 36 heavy (non-hydrogen) atoms. The van der Waals surface area contributed by atoms with Crippen LogP contribution in [-0.2, 0) is 19.3 Å². The van der Waals surface area contributed by atoms with Crippen molar-refractivity contribution in [2.75, 3.05) is 6.54 Å². The quantitative estimate of drug-likeness (QED) is 0.307. The molecule has 0 saturated carbocycles. The number of nitrogens with one attached hydrogen (secondary N) is 1. The number of rotatable bonds is 7. The maximum atomic E-state index is 13.0. The molecule has 0 radical (unpaired) electrons. The average molecular weight is 500 g/mol. The summed E-state index contributed by atoms with van der Waals surface area (Å²) in [6, 6.07) is 8.86. The Bertz CT molecular complexity index is 1530. The van der Waals surface area contributed by atoms with Crippen molar-refractivity contribution in [2.24, 2.45) is 0 Å². The second-order valence-electron chi connectivity index (χ2n) is 8.00. The molecule has 1 N–H and O–H groups in total. The van der Waals surface area contributed by atoms with Crippen LogP contribution in [0.5, 0.6) is 0 Å². The Morgan fingerprint density at radius 2 is 1.97 bits per heavy atom. The van der Waals surface area contributed by atoms with Crippen LogP contribution in [-0.4, -0.2) is 36.7 Å². The molecule has 13 heteroatoms. The number of hydrogen-bond acceptors (Lipinski definition) is 6. The number of aromatic nitrogens is 4. The second-order valence-corrected chi connectivity index (χ2v) is 8.00. The van der Waals surface area contributed by atoms with Gasteiger partial charge in [0, 0.05) is 23.7 Å². The van der Waals surface area contributed by atoms with E-state index in [-0.39, 0.29) is 41.9 Å². The molecule has 0 aliphatic heterocycles. The van der Waals surface area contributed by atoms with Crippen LogP contribution in [0.1, 0.15) is 27.0 Å². The van der Waals surface area contributed by atoms with Crippen LogP contribution < -0.4 is 10.9 Å². The largest absolute Gasteiger partial charge is 0.416 e. The van der Waals surface area contributed by atoms with Gasteiger partial charge in [0.2, 0.25) is 0 Å². The molecule has 1 amide bonds. The molecule has 2 heterocycles. The highest BCUT2D eigenvalue weighted by atomic mass is 19.4. The van der Waals surface area contributed by atoms with E-state index in [0.29, 0.717) is 11.1 Å². The van der Waals surface area contributed by atoms with Crippen LogP contribution in [0.3, 0.4) is 0 Å². The summed E-state index contributed by atoms with van der Waals surface area (Å²) in [5, 5.41) is 18.0. The van der Waals surface area contributed by atoms with Gasteiger partial charge in [-0.2, -0.15) is 18.3 Å². The van der Waals surface area contributed by atoms with Crippen molar-refractivity contribution < 1.29 is 22.9 Å². The highest BCUT2D eigenvalue weighted by molar-refractivity contribution is 5.95. The Kier molecular flexibility index (Phi) is 6.55. The third-order valence-corrected chi connectivity index (χ3v) is 5.51. The van der Waals surface area contributed by atoms with E-state index in [2.05, 4.69) is 15.4 Å². The SMILES string of the molecule is Cc1ccc(C(=O)NCCn2ncc3c(=O)n(Cc4cccc(C(F)(F)F)c4)cnc32)cc1[N+](=O)[O-]. The first-order chi connectivity index (χ1) is 17.0. The molecule has 186 valence electrons. The van der Waals surface area contributed by atoms with E-state index in [1.807, 2.05) is 0 Å². The Morgan fingerprint density at radius 1 is 1.19 bits per heavy atom. The lowest BCUT2D eigenvalue weighted by Crippen LogP contribution is -2.28. The number of amides is 1. The van der Waals surface area contributed by atoms with Gasteiger partial charge in [0.05, 0.1) is 29.8 Å². The molecular weight excluding hydrogens is 481 g/mol. The topological polar surface area (TPSA) is 125 Å².